The molecule has 0 heterocycles. The average molecular weight is 333 g/mol. The summed E-state index contributed by atoms with van der Waals surface area (Å²) < 4.78 is 5.28. The van der Waals surface area contributed by atoms with Crippen LogP contribution in [0, 0.1) is 0 Å². The normalized spacial score (nSPS) is 10.4. The van der Waals surface area contributed by atoms with Crippen molar-refractivity contribution in [1.82, 2.24) is 5.32 Å². The van der Waals surface area contributed by atoms with E-state index >= 15 is 0 Å². The maximum absolute atomic E-state index is 12.4. The van der Waals surface area contributed by atoms with E-state index in [1.54, 1.807) is 25.3 Å². The first kappa shape index (κ1) is 17.3. The smallest absolute Gasteiger partial charge is 0.228 e. The highest BCUT2D eigenvalue weighted by Crippen LogP contribution is 2.24. The molecule has 5 heteroatoms. The summed E-state index contributed by atoms with van der Waals surface area (Å²) in [7, 11) is 1.58. The van der Waals surface area contributed by atoms with Gasteiger partial charge < -0.3 is 15.4 Å². The zero-order valence-electron chi connectivity index (χ0n) is 13.4. The topological polar surface area (TPSA) is 50.4 Å². The largest absolute Gasteiger partial charge is 0.496 e. The van der Waals surface area contributed by atoms with Crippen LogP contribution in [0.4, 0.5) is 5.69 Å². The van der Waals surface area contributed by atoms with Gasteiger partial charge in [-0.1, -0.05) is 36.7 Å². The fraction of sp³-hybridized carbons (Fsp3) is 0.278. The van der Waals surface area contributed by atoms with Crippen molar-refractivity contribution in [3.8, 4) is 5.75 Å². The quantitative estimate of drug-likeness (QED) is 0.814. The average Bonchev–Trinajstić information content (AvgIpc) is 2.54. The first-order chi connectivity index (χ1) is 11.1. The number of ether oxygens (including phenoxy) is 1. The second-order valence-corrected chi connectivity index (χ2v) is 5.56. The fourth-order valence-corrected chi connectivity index (χ4v) is 2.50. The van der Waals surface area contributed by atoms with Gasteiger partial charge in [-0.15, -0.1) is 0 Å². The third-order valence-electron chi connectivity index (χ3n) is 3.45. The molecule has 4 nitrogen and oxygen atoms in total. The summed E-state index contributed by atoms with van der Waals surface area (Å²) in [4.78, 5) is 12.4. The third-order valence-corrected chi connectivity index (χ3v) is 3.69. The number of carbonyl (C=O) groups excluding carboxylic acids is 1. The third kappa shape index (κ3) is 4.98. The first-order valence-electron chi connectivity index (χ1n) is 7.55. The first-order valence-corrected chi connectivity index (χ1v) is 7.92. The van der Waals surface area contributed by atoms with E-state index in [-0.39, 0.29) is 12.3 Å². The molecule has 2 rings (SSSR count). The molecule has 1 amide bonds. The van der Waals surface area contributed by atoms with Gasteiger partial charge in [0.15, 0.2) is 0 Å². The number of nitrogens with one attached hydrogen (secondary N) is 2. The second kappa shape index (κ2) is 8.56. The second-order valence-electron chi connectivity index (χ2n) is 5.12. The van der Waals surface area contributed by atoms with Gasteiger partial charge in [0.05, 0.1) is 13.5 Å². The maximum atomic E-state index is 12.4. The lowest BCUT2D eigenvalue weighted by Crippen LogP contribution is -2.18. The van der Waals surface area contributed by atoms with Gasteiger partial charge in [0.1, 0.15) is 5.75 Å². The van der Waals surface area contributed by atoms with Gasteiger partial charge in [0.25, 0.3) is 0 Å². The van der Waals surface area contributed by atoms with Crippen LogP contribution in [0.5, 0.6) is 5.75 Å². The van der Waals surface area contributed by atoms with E-state index in [2.05, 4.69) is 10.6 Å². The molecule has 0 aromatic heterocycles. The molecule has 2 aromatic rings. The molecule has 0 spiro atoms. The molecule has 0 saturated carbocycles. The van der Waals surface area contributed by atoms with E-state index in [4.69, 9.17) is 16.3 Å². The Kier molecular flexibility index (Phi) is 6.44. The van der Waals surface area contributed by atoms with E-state index in [0.29, 0.717) is 17.3 Å². The predicted molar refractivity (Wildman–Crippen MR) is 94.2 cm³/mol. The van der Waals surface area contributed by atoms with Crippen LogP contribution in [0.15, 0.2) is 42.5 Å². The van der Waals surface area contributed by atoms with Crippen LogP contribution in [0.2, 0.25) is 5.02 Å². The number of hydrogen-bond acceptors (Lipinski definition) is 3. The fourth-order valence-electron chi connectivity index (χ4n) is 2.31. The molecular weight excluding hydrogens is 312 g/mol. The standard InChI is InChI=1S/C18H21ClN2O2/c1-3-20-12-13-6-4-5-7-16(13)21-18(22)11-14-10-15(19)8-9-17(14)23-2/h4-10,20H,3,11-12H2,1-2H3,(H,21,22). The minimum atomic E-state index is -0.102. The van der Waals surface area contributed by atoms with Gasteiger partial charge in [0, 0.05) is 22.8 Å². The van der Waals surface area contributed by atoms with Crippen molar-refractivity contribution < 1.29 is 9.53 Å². The molecule has 0 aliphatic rings. The van der Waals surface area contributed by atoms with Crippen LogP contribution >= 0.6 is 11.6 Å². The van der Waals surface area contributed by atoms with Crippen molar-refractivity contribution >= 4 is 23.2 Å². The van der Waals surface area contributed by atoms with Gasteiger partial charge in [-0.3, -0.25) is 4.79 Å². The highest BCUT2D eigenvalue weighted by Gasteiger charge is 2.11. The van der Waals surface area contributed by atoms with Crippen molar-refractivity contribution in [2.75, 3.05) is 19.0 Å². The van der Waals surface area contributed by atoms with Crippen molar-refractivity contribution in [3.63, 3.8) is 0 Å². The Bertz CT molecular complexity index is 674. The Morgan fingerprint density at radius 3 is 2.70 bits per heavy atom. The van der Waals surface area contributed by atoms with E-state index in [1.807, 2.05) is 31.2 Å². The minimum absolute atomic E-state index is 0.102. The molecule has 0 aliphatic heterocycles. The number of hydrogen-bond donors (Lipinski definition) is 2. The van der Waals surface area contributed by atoms with E-state index in [1.165, 1.54) is 0 Å². The molecule has 2 N–H and O–H groups in total. The molecule has 0 saturated heterocycles. The van der Waals surface area contributed by atoms with Crippen molar-refractivity contribution in [1.29, 1.82) is 0 Å². The minimum Gasteiger partial charge on any atom is -0.496 e. The molecule has 0 atom stereocenters. The Labute approximate surface area is 141 Å². The predicted octanol–water partition coefficient (Wildman–Crippen LogP) is 3.64. The number of rotatable bonds is 7. The van der Waals surface area contributed by atoms with Gasteiger partial charge in [0.2, 0.25) is 5.91 Å². The highest BCUT2D eigenvalue weighted by molar-refractivity contribution is 6.30. The molecule has 0 fully saturated rings. The van der Waals surface area contributed by atoms with E-state index < -0.39 is 0 Å². The summed E-state index contributed by atoms with van der Waals surface area (Å²) in [5, 5.41) is 6.81. The lowest BCUT2D eigenvalue weighted by atomic mass is 10.1. The Morgan fingerprint density at radius 1 is 1.17 bits per heavy atom. The number of para-hydroxylation sites is 1. The summed E-state index contributed by atoms with van der Waals surface area (Å²) in [5.74, 6) is 0.556. The summed E-state index contributed by atoms with van der Waals surface area (Å²) in [5.41, 5.74) is 2.64. The van der Waals surface area contributed by atoms with Crippen LogP contribution in [0.25, 0.3) is 0 Å². The zero-order chi connectivity index (χ0) is 16.7. The van der Waals surface area contributed by atoms with Gasteiger partial charge in [-0.05, 0) is 36.4 Å². The van der Waals surface area contributed by atoms with E-state index in [0.717, 1.165) is 23.4 Å². The Morgan fingerprint density at radius 2 is 1.96 bits per heavy atom. The monoisotopic (exact) mass is 332 g/mol. The number of carbonyl (C=O) groups is 1. The van der Waals surface area contributed by atoms with Crippen molar-refractivity contribution in [2.45, 2.75) is 19.9 Å². The Hall–Kier alpha value is -2.04. The molecule has 122 valence electrons. The van der Waals surface area contributed by atoms with Gasteiger partial charge in [-0.25, -0.2) is 0 Å². The number of amides is 1. The van der Waals surface area contributed by atoms with Gasteiger partial charge >= 0.3 is 0 Å². The van der Waals surface area contributed by atoms with Gasteiger partial charge in [-0.2, -0.15) is 0 Å². The number of benzene rings is 2. The number of methoxy groups -OCH3 is 1. The molecule has 0 unspecified atom stereocenters. The van der Waals surface area contributed by atoms with Crippen LogP contribution in [0.1, 0.15) is 18.1 Å². The van der Waals surface area contributed by atoms with Crippen LogP contribution in [-0.2, 0) is 17.8 Å². The number of halogens is 1. The SMILES string of the molecule is CCNCc1ccccc1NC(=O)Cc1cc(Cl)ccc1OC. The maximum Gasteiger partial charge on any atom is 0.228 e. The van der Waals surface area contributed by atoms with Crippen LogP contribution in [0.3, 0.4) is 0 Å². The van der Waals surface area contributed by atoms with Crippen LogP contribution in [-0.4, -0.2) is 19.6 Å². The molecule has 0 aliphatic carbocycles. The van der Waals surface area contributed by atoms with E-state index in [9.17, 15) is 4.79 Å². The lowest BCUT2D eigenvalue weighted by molar-refractivity contribution is -0.115. The molecule has 0 radical (unpaired) electrons. The number of anilines is 1. The van der Waals surface area contributed by atoms with Crippen molar-refractivity contribution in [3.05, 3.63) is 58.6 Å². The summed E-state index contributed by atoms with van der Waals surface area (Å²) >= 11 is 6.00. The summed E-state index contributed by atoms with van der Waals surface area (Å²) in [6.45, 7) is 3.64. The molecule has 0 bridgehead atoms. The summed E-state index contributed by atoms with van der Waals surface area (Å²) in [6.07, 6.45) is 0.208. The highest BCUT2D eigenvalue weighted by atomic mass is 35.5. The zero-order valence-corrected chi connectivity index (χ0v) is 14.1. The Balaban J connectivity index is 2.10. The molecule has 2 aromatic carbocycles. The van der Waals surface area contributed by atoms with Crippen LogP contribution < -0.4 is 15.4 Å². The molecule has 23 heavy (non-hydrogen) atoms. The summed E-state index contributed by atoms with van der Waals surface area (Å²) in [6, 6.07) is 13.0. The van der Waals surface area contributed by atoms with Crippen molar-refractivity contribution in [2.24, 2.45) is 0 Å². The molecular formula is C18H21ClN2O2. The lowest BCUT2D eigenvalue weighted by Gasteiger charge is -2.13.